The molecule has 5 fully saturated rings. The Labute approximate surface area is 119 Å². The molecule has 4 saturated heterocycles. The molecular weight excluding hydrogens is 260 g/mol. The van der Waals surface area contributed by atoms with Gasteiger partial charge in [-0.2, -0.15) is 0 Å². The summed E-state index contributed by atoms with van der Waals surface area (Å²) in [6.45, 7) is 4.91. The van der Waals surface area contributed by atoms with Gasteiger partial charge in [-0.25, -0.2) is 9.78 Å². The van der Waals surface area contributed by atoms with Gasteiger partial charge in [0, 0.05) is 24.9 Å². The number of aliphatic hydroxyl groups is 1. The van der Waals surface area contributed by atoms with E-state index in [2.05, 4.69) is 6.92 Å². The van der Waals surface area contributed by atoms with Gasteiger partial charge in [0.2, 0.25) is 5.79 Å². The predicted octanol–water partition coefficient (Wildman–Crippen LogP) is 1.84. The first kappa shape index (κ1) is 13.5. The number of hydrogen-bond acceptors (Lipinski definition) is 5. The Kier molecular flexibility index (Phi) is 2.96. The number of ether oxygens (including phenoxy) is 2. The van der Waals surface area contributed by atoms with E-state index in [-0.39, 0.29) is 24.7 Å². The van der Waals surface area contributed by atoms with Gasteiger partial charge in [-0.15, -0.1) is 0 Å². The minimum Gasteiger partial charge on any atom is -0.396 e. The van der Waals surface area contributed by atoms with Crippen LogP contribution in [0.2, 0.25) is 0 Å². The molecular formula is C15H24O5. The zero-order valence-electron chi connectivity index (χ0n) is 12.2. The van der Waals surface area contributed by atoms with E-state index < -0.39 is 11.4 Å². The molecule has 0 aromatic carbocycles. The van der Waals surface area contributed by atoms with Gasteiger partial charge in [-0.3, -0.25) is 0 Å². The molecule has 5 nitrogen and oxygen atoms in total. The molecule has 2 bridgehead atoms. The lowest BCUT2D eigenvalue weighted by Crippen LogP contribution is -2.69. The second-order valence-corrected chi connectivity index (χ2v) is 7.19. The second-order valence-electron chi connectivity index (χ2n) is 7.19. The van der Waals surface area contributed by atoms with Crippen LogP contribution in [0.5, 0.6) is 0 Å². The molecule has 0 unspecified atom stereocenters. The lowest BCUT2D eigenvalue weighted by molar-refractivity contribution is -0.567. The Balaban J connectivity index is 1.79. The van der Waals surface area contributed by atoms with Crippen LogP contribution < -0.4 is 0 Å². The van der Waals surface area contributed by atoms with Crippen molar-refractivity contribution in [3.63, 3.8) is 0 Å². The van der Waals surface area contributed by atoms with Crippen molar-refractivity contribution in [3.8, 4) is 0 Å². The summed E-state index contributed by atoms with van der Waals surface area (Å²) in [6, 6.07) is 0. The van der Waals surface area contributed by atoms with E-state index in [9.17, 15) is 5.11 Å². The van der Waals surface area contributed by atoms with Gasteiger partial charge in [-0.1, -0.05) is 6.92 Å². The number of fused-ring (bicyclic) bond motifs is 2. The molecule has 0 radical (unpaired) electrons. The molecule has 5 aliphatic rings. The van der Waals surface area contributed by atoms with Crippen LogP contribution in [0.25, 0.3) is 0 Å². The molecule has 20 heavy (non-hydrogen) atoms. The van der Waals surface area contributed by atoms with Crippen LogP contribution in [-0.2, 0) is 19.2 Å². The van der Waals surface area contributed by atoms with E-state index in [0.29, 0.717) is 18.4 Å². The molecule has 5 heteroatoms. The topological polar surface area (TPSA) is 57.2 Å². The number of hydrogen-bond donors (Lipinski definition) is 1. The Hall–Kier alpha value is -0.200. The summed E-state index contributed by atoms with van der Waals surface area (Å²) >= 11 is 0. The third-order valence-electron chi connectivity index (χ3n) is 6.04. The van der Waals surface area contributed by atoms with Gasteiger partial charge >= 0.3 is 0 Å². The van der Waals surface area contributed by atoms with Crippen LogP contribution in [0.1, 0.15) is 39.5 Å². The van der Waals surface area contributed by atoms with Gasteiger partial charge in [0.25, 0.3) is 0 Å². The summed E-state index contributed by atoms with van der Waals surface area (Å²) in [6.07, 6.45) is 3.74. The molecule has 1 saturated carbocycles. The molecule has 114 valence electrons. The summed E-state index contributed by atoms with van der Waals surface area (Å²) in [5, 5.41) is 9.69. The fraction of sp³-hybridized carbons (Fsp3) is 1.00. The normalized spacial score (nSPS) is 58.0. The predicted molar refractivity (Wildman–Crippen MR) is 69.3 cm³/mol. The molecule has 4 heterocycles. The first-order valence-corrected chi connectivity index (χ1v) is 7.86. The Morgan fingerprint density at radius 1 is 1.15 bits per heavy atom. The molecule has 0 aromatic heterocycles. The highest BCUT2D eigenvalue weighted by Gasteiger charge is 2.68. The minimum atomic E-state index is -0.691. The summed E-state index contributed by atoms with van der Waals surface area (Å²) in [7, 11) is 0. The largest absolute Gasteiger partial charge is 0.396 e. The quantitative estimate of drug-likeness (QED) is 0.745. The maximum absolute atomic E-state index is 9.69. The number of aliphatic hydroxyl groups excluding tert-OH is 1. The van der Waals surface area contributed by atoms with Crippen LogP contribution in [-0.4, -0.2) is 36.0 Å². The lowest BCUT2D eigenvalue weighted by atomic mass is 9.58. The van der Waals surface area contributed by atoms with Crippen LogP contribution >= 0.6 is 0 Å². The summed E-state index contributed by atoms with van der Waals surface area (Å²) in [4.78, 5) is 11.6. The van der Waals surface area contributed by atoms with Crippen molar-refractivity contribution in [2.75, 3.05) is 13.2 Å². The first-order chi connectivity index (χ1) is 9.59. The molecule has 4 aliphatic heterocycles. The molecule has 0 amide bonds. The summed E-state index contributed by atoms with van der Waals surface area (Å²) in [5.74, 6) is 0.641. The minimum absolute atomic E-state index is 0.121. The highest BCUT2D eigenvalue weighted by Crippen LogP contribution is 2.59. The number of rotatable bonds is 1. The molecule has 1 N–H and O–H groups in total. The average molecular weight is 284 g/mol. The highest BCUT2D eigenvalue weighted by molar-refractivity contribution is 5.08. The summed E-state index contributed by atoms with van der Waals surface area (Å²) < 4.78 is 12.1. The van der Waals surface area contributed by atoms with Crippen LogP contribution in [0.15, 0.2) is 0 Å². The maximum Gasteiger partial charge on any atom is 0.201 e. The molecule has 0 aromatic rings. The van der Waals surface area contributed by atoms with Gasteiger partial charge in [0.05, 0.1) is 6.61 Å². The van der Waals surface area contributed by atoms with Gasteiger partial charge in [-0.05, 0) is 38.0 Å². The van der Waals surface area contributed by atoms with E-state index in [1.54, 1.807) is 0 Å². The summed E-state index contributed by atoms with van der Waals surface area (Å²) in [5.41, 5.74) is -0.528. The fourth-order valence-corrected chi connectivity index (χ4v) is 4.90. The van der Waals surface area contributed by atoms with Gasteiger partial charge in [0.1, 0.15) is 0 Å². The lowest BCUT2D eigenvalue weighted by Gasteiger charge is -2.59. The standard InChI is InChI=1S/C15H24O5/c1-9-3-4-12-10(7-16)8-17-13-15(12)11(9)5-6-14(2,18-13)19-20-15/h9-13,16H,3-8H2,1-2H3/t9-,10+,11+,12+,13-,14+,15-/m1/s1. The van der Waals surface area contributed by atoms with Crippen molar-refractivity contribution >= 4 is 0 Å². The van der Waals surface area contributed by atoms with E-state index in [1.807, 2.05) is 6.92 Å². The third-order valence-corrected chi connectivity index (χ3v) is 6.04. The van der Waals surface area contributed by atoms with Crippen molar-refractivity contribution in [1.29, 1.82) is 0 Å². The van der Waals surface area contributed by atoms with E-state index >= 15 is 0 Å². The van der Waals surface area contributed by atoms with Crippen LogP contribution in [0.3, 0.4) is 0 Å². The zero-order valence-corrected chi connectivity index (χ0v) is 12.2. The fourth-order valence-electron chi connectivity index (χ4n) is 4.90. The van der Waals surface area contributed by atoms with Crippen LogP contribution in [0, 0.1) is 23.7 Å². The first-order valence-electron chi connectivity index (χ1n) is 7.86. The van der Waals surface area contributed by atoms with E-state index in [0.717, 1.165) is 19.3 Å². The van der Waals surface area contributed by atoms with E-state index in [4.69, 9.17) is 19.2 Å². The van der Waals surface area contributed by atoms with Crippen molar-refractivity contribution < 1.29 is 24.4 Å². The molecule has 1 spiro atoms. The maximum atomic E-state index is 9.69. The van der Waals surface area contributed by atoms with Crippen molar-refractivity contribution in [2.45, 2.75) is 57.2 Å². The smallest absolute Gasteiger partial charge is 0.201 e. The monoisotopic (exact) mass is 284 g/mol. The van der Waals surface area contributed by atoms with Gasteiger partial charge < -0.3 is 14.6 Å². The third kappa shape index (κ3) is 1.61. The van der Waals surface area contributed by atoms with Gasteiger partial charge in [0.15, 0.2) is 11.9 Å². The zero-order chi connectivity index (χ0) is 14.0. The molecule has 1 aliphatic carbocycles. The highest BCUT2D eigenvalue weighted by atomic mass is 17.3. The van der Waals surface area contributed by atoms with E-state index in [1.165, 1.54) is 6.42 Å². The Morgan fingerprint density at radius 2 is 2.00 bits per heavy atom. The Morgan fingerprint density at radius 3 is 2.80 bits per heavy atom. The SMILES string of the molecule is C[C@@H]1CC[C@H]2[C@@H](CO)CO[C@@H]3O[C@]4(C)CC[C@@H]1[C@]32OO4. The Bertz CT molecular complexity index is 398. The van der Waals surface area contributed by atoms with Crippen molar-refractivity contribution in [1.82, 2.24) is 0 Å². The average Bonchev–Trinajstić information content (AvgIpc) is 2.67. The second kappa shape index (κ2) is 4.40. The molecule has 7 atom stereocenters. The van der Waals surface area contributed by atoms with Crippen molar-refractivity contribution in [3.05, 3.63) is 0 Å². The molecule has 5 rings (SSSR count). The van der Waals surface area contributed by atoms with Crippen molar-refractivity contribution in [2.24, 2.45) is 23.7 Å². The van der Waals surface area contributed by atoms with Crippen LogP contribution in [0.4, 0.5) is 0 Å².